The highest BCUT2D eigenvalue weighted by Gasteiger charge is 1.99. The molecule has 0 aliphatic carbocycles. The van der Waals surface area contributed by atoms with Crippen molar-refractivity contribution in [1.29, 1.82) is 0 Å². The summed E-state index contributed by atoms with van der Waals surface area (Å²) in [5.41, 5.74) is 1.04. The number of aromatic nitrogens is 1. The molecule has 1 aromatic rings. The molecule has 0 aliphatic heterocycles. The van der Waals surface area contributed by atoms with Crippen LogP contribution < -0.4 is 0 Å². The van der Waals surface area contributed by atoms with Gasteiger partial charge >= 0.3 is 0 Å². The Morgan fingerprint density at radius 1 is 1.75 bits per heavy atom. The van der Waals surface area contributed by atoms with Crippen molar-refractivity contribution >= 4 is 0 Å². The van der Waals surface area contributed by atoms with Crippen molar-refractivity contribution in [3.63, 3.8) is 0 Å². The summed E-state index contributed by atoms with van der Waals surface area (Å²) in [4.78, 5) is 4.00. The maximum atomic E-state index is 5.29. The molecule has 2 heteroatoms. The Bertz CT molecular complexity index is 297. The van der Waals surface area contributed by atoms with E-state index >= 15 is 0 Å². The zero-order valence-corrected chi connectivity index (χ0v) is 7.50. The van der Waals surface area contributed by atoms with Crippen molar-refractivity contribution in [3.8, 4) is 0 Å². The Morgan fingerprint density at radius 3 is 3.00 bits per heavy atom. The van der Waals surface area contributed by atoms with E-state index in [1.54, 1.807) is 6.20 Å². The molecular weight excluding hydrogens is 150 g/mol. The molecule has 0 fully saturated rings. The van der Waals surface area contributed by atoms with Gasteiger partial charge in [-0.1, -0.05) is 18.7 Å². The highest BCUT2D eigenvalue weighted by Crippen LogP contribution is 2.08. The van der Waals surface area contributed by atoms with Crippen molar-refractivity contribution in [2.24, 2.45) is 0 Å². The standard InChI is InChI=1S/C10H13NO/c1-4-5-8(2)6-10-7-11-9(3)12-10/h4-5,7H,2,6H2,1,3H3/b5-4+. The number of aryl methyl sites for hydroxylation is 1. The van der Waals surface area contributed by atoms with Crippen molar-refractivity contribution < 1.29 is 4.42 Å². The molecule has 0 radical (unpaired) electrons. The number of allylic oxidation sites excluding steroid dienone is 3. The molecule has 0 saturated heterocycles. The predicted molar refractivity (Wildman–Crippen MR) is 48.9 cm³/mol. The van der Waals surface area contributed by atoms with E-state index in [2.05, 4.69) is 11.6 Å². The highest BCUT2D eigenvalue weighted by molar-refractivity contribution is 5.19. The molecule has 12 heavy (non-hydrogen) atoms. The van der Waals surface area contributed by atoms with E-state index in [9.17, 15) is 0 Å². The second kappa shape index (κ2) is 3.90. The summed E-state index contributed by atoms with van der Waals surface area (Å²) >= 11 is 0. The van der Waals surface area contributed by atoms with Crippen molar-refractivity contribution in [2.45, 2.75) is 20.3 Å². The minimum Gasteiger partial charge on any atom is -0.446 e. The molecule has 1 aromatic heterocycles. The number of oxazole rings is 1. The molecule has 0 spiro atoms. The Balaban J connectivity index is 2.58. The topological polar surface area (TPSA) is 26.0 Å². The Labute approximate surface area is 72.6 Å². The lowest BCUT2D eigenvalue weighted by Gasteiger charge is -1.93. The second-order valence-electron chi connectivity index (χ2n) is 2.68. The fourth-order valence-corrected chi connectivity index (χ4v) is 1.01. The van der Waals surface area contributed by atoms with E-state index in [0.29, 0.717) is 5.89 Å². The summed E-state index contributed by atoms with van der Waals surface area (Å²) in [6.07, 6.45) is 6.42. The first-order valence-electron chi connectivity index (χ1n) is 3.94. The van der Waals surface area contributed by atoms with E-state index in [4.69, 9.17) is 4.42 Å². The van der Waals surface area contributed by atoms with Gasteiger partial charge in [0.25, 0.3) is 0 Å². The van der Waals surface area contributed by atoms with Gasteiger partial charge in [0.2, 0.25) is 0 Å². The molecule has 2 nitrogen and oxygen atoms in total. The summed E-state index contributed by atoms with van der Waals surface area (Å²) < 4.78 is 5.29. The minimum atomic E-state index is 0.707. The lowest BCUT2D eigenvalue weighted by molar-refractivity contribution is 0.483. The zero-order valence-electron chi connectivity index (χ0n) is 7.50. The first kappa shape index (κ1) is 8.78. The van der Waals surface area contributed by atoms with Gasteiger partial charge in [0.05, 0.1) is 6.20 Å². The molecule has 0 atom stereocenters. The van der Waals surface area contributed by atoms with Crippen LogP contribution in [-0.4, -0.2) is 4.98 Å². The number of hydrogen-bond donors (Lipinski definition) is 0. The van der Waals surface area contributed by atoms with E-state index in [1.165, 1.54) is 0 Å². The molecule has 0 bridgehead atoms. The minimum absolute atomic E-state index is 0.707. The summed E-state index contributed by atoms with van der Waals surface area (Å²) in [7, 11) is 0. The van der Waals surface area contributed by atoms with Gasteiger partial charge < -0.3 is 4.42 Å². The Morgan fingerprint density at radius 2 is 2.50 bits per heavy atom. The fraction of sp³-hybridized carbons (Fsp3) is 0.300. The van der Waals surface area contributed by atoms with Crippen molar-refractivity contribution in [3.05, 3.63) is 42.2 Å². The van der Waals surface area contributed by atoms with Gasteiger partial charge in [-0.2, -0.15) is 0 Å². The predicted octanol–water partition coefficient (Wildman–Crippen LogP) is 2.66. The van der Waals surface area contributed by atoms with Gasteiger partial charge in [0.15, 0.2) is 5.89 Å². The molecule has 0 N–H and O–H groups in total. The van der Waals surface area contributed by atoms with E-state index < -0.39 is 0 Å². The van der Waals surface area contributed by atoms with Crippen LogP contribution in [0.1, 0.15) is 18.6 Å². The van der Waals surface area contributed by atoms with Gasteiger partial charge in [0, 0.05) is 13.3 Å². The van der Waals surface area contributed by atoms with Crippen molar-refractivity contribution in [1.82, 2.24) is 4.98 Å². The molecular formula is C10H13NO. The Kier molecular flexibility index (Phi) is 2.86. The van der Waals surface area contributed by atoms with Crippen LogP contribution in [0.2, 0.25) is 0 Å². The average Bonchev–Trinajstić information content (AvgIpc) is 2.36. The summed E-state index contributed by atoms with van der Waals surface area (Å²) in [6, 6.07) is 0. The average molecular weight is 163 g/mol. The van der Waals surface area contributed by atoms with E-state index in [-0.39, 0.29) is 0 Å². The summed E-state index contributed by atoms with van der Waals surface area (Å²) in [5, 5.41) is 0. The van der Waals surface area contributed by atoms with Crippen LogP contribution in [-0.2, 0) is 6.42 Å². The van der Waals surface area contributed by atoms with Crippen LogP contribution in [0.25, 0.3) is 0 Å². The molecule has 1 heterocycles. The van der Waals surface area contributed by atoms with E-state index in [0.717, 1.165) is 17.8 Å². The molecule has 0 amide bonds. The van der Waals surface area contributed by atoms with Crippen LogP contribution in [0, 0.1) is 6.92 Å². The third-order valence-corrected chi connectivity index (χ3v) is 1.47. The molecule has 64 valence electrons. The van der Waals surface area contributed by atoms with Crippen LogP contribution in [0.4, 0.5) is 0 Å². The zero-order chi connectivity index (χ0) is 8.97. The third-order valence-electron chi connectivity index (χ3n) is 1.47. The first-order chi connectivity index (χ1) is 5.72. The Hall–Kier alpha value is -1.31. The first-order valence-corrected chi connectivity index (χ1v) is 3.94. The normalized spacial score (nSPS) is 10.8. The maximum Gasteiger partial charge on any atom is 0.191 e. The quantitative estimate of drug-likeness (QED) is 0.640. The van der Waals surface area contributed by atoms with Crippen molar-refractivity contribution in [2.75, 3.05) is 0 Å². The lowest BCUT2D eigenvalue weighted by atomic mass is 10.2. The molecule has 0 unspecified atom stereocenters. The van der Waals surface area contributed by atoms with Crippen LogP contribution >= 0.6 is 0 Å². The molecule has 1 rings (SSSR count). The lowest BCUT2D eigenvalue weighted by Crippen LogP contribution is -1.82. The largest absolute Gasteiger partial charge is 0.446 e. The van der Waals surface area contributed by atoms with Gasteiger partial charge in [0.1, 0.15) is 5.76 Å². The van der Waals surface area contributed by atoms with Gasteiger partial charge in [-0.3, -0.25) is 0 Å². The van der Waals surface area contributed by atoms with Gasteiger partial charge in [-0.05, 0) is 12.5 Å². The monoisotopic (exact) mass is 163 g/mol. The SMILES string of the molecule is C=C(/C=C/C)Cc1cnc(C)o1. The number of rotatable bonds is 3. The summed E-state index contributed by atoms with van der Waals surface area (Å²) in [6.45, 7) is 7.68. The van der Waals surface area contributed by atoms with E-state index in [1.807, 2.05) is 26.0 Å². The fourth-order valence-electron chi connectivity index (χ4n) is 1.01. The third kappa shape index (κ3) is 2.38. The number of hydrogen-bond acceptors (Lipinski definition) is 2. The van der Waals surface area contributed by atoms with Gasteiger partial charge in [-0.25, -0.2) is 4.98 Å². The molecule has 0 saturated carbocycles. The molecule has 0 aromatic carbocycles. The second-order valence-corrected chi connectivity index (χ2v) is 2.68. The van der Waals surface area contributed by atoms with Gasteiger partial charge in [-0.15, -0.1) is 0 Å². The van der Waals surface area contributed by atoms with Crippen LogP contribution in [0.15, 0.2) is 34.9 Å². The van der Waals surface area contributed by atoms with Crippen LogP contribution in [0.5, 0.6) is 0 Å². The maximum absolute atomic E-state index is 5.29. The number of nitrogens with zero attached hydrogens (tertiary/aromatic N) is 1. The smallest absolute Gasteiger partial charge is 0.191 e. The van der Waals surface area contributed by atoms with Crippen LogP contribution in [0.3, 0.4) is 0 Å². The summed E-state index contributed by atoms with van der Waals surface area (Å²) in [5.74, 6) is 1.58. The molecule has 0 aliphatic rings. The highest BCUT2D eigenvalue weighted by atomic mass is 16.3.